The van der Waals surface area contributed by atoms with Crippen LogP contribution in [0.4, 0.5) is 0 Å². The van der Waals surface area contributed by atoms with Crippen molar-refractivity contribution < 1.29 is 17.7 Å². The first-order chi connectivity index (χ1) is 6.08. The van der Waals surface area contributed by atoms with E-state index in [2.05, 4.69) is 0 Å². The molecule has 1 rings (SSSR count). The molecule has 0 spiro atoms. The normalized spacial score (nSPS) is 20.4. The Bertz CT molecular complexity index is 235. The third kappa shape index (κ3) is 5.17. The van der Waals surface area contributed by atoms with Crippen LogP contribution in [0.5, 0.6) is 0 Å². The van der Waals surface area contributed by atoms with Crippen molar-refractivity contribution in [2.75, 3.05) is 39.4 Å². The molecule has 1 aliphatic heterocycles. The van der Waals surface area contributed by atoms with Crippen molar-refractivity contribution in [3.8, 4) is 0 Å². The molecule has 0 aromatic heterocycles. The van der Waals surface area contributed by atoms with Gasteiger partial charge in [-0.15, -0.1) is 0 Å². The van der Waals surface area contributed by atoms with E-state index in [-0.39, 0.29) is 6.54 Å². The van der Waals surface area contributed by atoms with Gasteiger partial charge in [0.05, 0.1) is 13.2 Å². The summed E-state index contributed by atoms with van der Waals surface area (Å²) in [6, 6.07) is 0. The Hall–Kier alpha value is -0.210. The van der Waals surface area contributed by atoms with Gasteiger partial charge in [0.1, 0.15) is 0 Å². The van der Waals surface area contributed by atoms with E-state index in [0.29, 0.717) is 19.8 Å². The smallest absolute Gasteiger partial charge is 0.159 e. The molecule has 13 heavy (non-hydrogen) atoms. The number of rotatable bonds is 4. The Kier molecular flexibility index (Phi) is 4.07. The van der Waals surface area contributed by atoms with Gasteiger partial charge in [0.2, 0.25) is 0 Å². The predicted octanol–water partition coefficient (Wildman–Crippen LogP) is -1.63. The molecule has 0 radical (unpaired) electrons. The van der Waals surface area contributed by atoms with Crippen LogP contribution < -0.4 is 4.72 Å². The molecule has 1 N–H and O–H groups in total. The van der Waals surface area contributed by atoms with Crippen molar-refractivity contribution in [3.63, 3.8) is 0 Å². The zero-order chi connectivity index (χ0) is 9.73. The van der Waals surface area contributed by atoms with Crippen LogP contribution in [-0.2, 0) is 15.0 Å². The summed E-state index contributed by atoms with van der Waals surface area (Å²) in [6.07, 6.45) is 0. The largest absolute Gasteiger partial charge is 0.735 e. The highest BCUT2D eigenvalue weighted by Crippen LogP contribution is 1.94. The summed E-state index contributed by atoms with van der Waals surface area (Å²) >= 11 is 0. The molecule has 0 aliphatic carbocycles. The molecular weight excluding hydrogens is 196 g/mol. The third-order valence-electron chi connectivity index (χ3n) is 1.81. The van der Waals surface area contributed by atoms with E-state index < -0.39 is 10.3 Å². The minimum absolute atomic E-state index is 0.172. The molecule has 0 saturated carbocycles. The second-order valence-electron chi connectivity index (χ2n) is 2.80. The third-order valence-corrected chi connectivity index (χ3v) is 2.37. The van der Waals surface area contributed by atoms with Gasteiger partial charge in [-0.2, -0.15) is 0 Å². The van der Waals surface area contributed by atoms with Gasteiger partial charge in [-0.1, -0.05) is 0 Å². The lowest BCUT2D eigenvalue weighted by molar-refractivity contribution is 0.0389. The van der Waals surface area contributed by atoms with Gasteiger partial charge in [0.15, 0.2) is 10.3 Å². The number of hydrogen-bond acceptors (Lipinski definition) is 5. The molecule has 7 heteroatoms. The Morgan fingerprint density at radius 2 is 2.00 bits per heavy atom. The number of ether oxygens (including phenoxy) is 1. The van der Waals surface area contributed by atoms with Crippen molar-refractivity contribution in [1.29, 1.82) is 0 Å². The maximum Gasteiger partial charge on any atom is 0.159 e. The number of hydrogen-bond donors (Lipinski definition) is 1. The van der Waals surface area contributed by atoms with Crippen molar-refractivity contribution in [3.05, 3.63) is 0 Å². The van der Waals surface area contributed by atoms with Gasteiger partial charge in [-0.05, 0) is 0 Å². The molecule has 1 fully saturated rings. The molecule has 6 nitrogen and oxygen atoms in total. The molecular formula is C6H13N2O4S-. The van der Waals surface area contributed by atoms with E-state index in [1.807, 2.05) is 9.62 Å². The second-order valence-corrected chi connectivity index (χ2v) is 4.00. The van der Waals surface area contributed by atoms with E-state index in [9.17, 15) is 13.0 Å². The monoisotopic (exact) mass is 209 g/mol. The summed E-state index contributed by atoms with van der Waals surface area (Å²) in [5.74, 6) is 0. The van der Waals surface area contributed by atoms with Crippen LogP contribution in [0.2, 0.25) is 0 Å². The highest BCUT2D eigenvalue weighted by Gasteiger charge is 2.09. The fourth-order valence-corrected chi connectivity index (χ4v) is 1.49. The minimum Gasteiger partial charge on any atom is -0.735 e. The lowest BCUT2D eigenvalue weighted by Gasteiger charge is -2.26. The summed E-state index contributed by atoms with van der Waals surface area (Å²) in [4.78, 5) is 2.04. The van der Waals surface area contributed by atoms with Crippen molar-refractivity contribution in [2.45, 2.75) is 0 Å². The molecule has 0 aromatic carbocycles. The Balaban J connectivity index is 2.11. The zero-order valence-corrected chi connectivity index (χ0v) is 8.05. The van der Waals surface area contributed by atoms with E-state index in [4.69, 9.17) is 4.74 Å². The van der Waals surface area contributed by atoms with Crippen LogP contribution >= 0.6 is 0 Å². The average Bonchev–Trinajstić information content (AvgIpc) is 2.04. The molecule has 0 bridgehead atoms. The summed E-state index contributed by atoms with van der Waals surface area (Å²) in [7, 11) is -4.28. The maximum atomic E-state index is 10.2. The van der Waals surface area contributed by atoms with E-state index in [0.717, 1.165) is 13.1 Å². The maximum absolute atomic E-state index is 10.2. The lowest BCUT2D eigenvalue weighted by Crippen LogP contribution is -2.41. The molecule has 0 unspecified atom stereocenters. The van der Waals surface area contributed by atoms with Crippen LogP contribution in [-0.4, -0.2) is 57.3 Å². The second kappa shape index (κ2) is 4.87. The lowest BCUT2D eigenvalue weighted by atomic mass is 10.4. The molecule has 1 saturated heterocycles. The zero-order valence-electron chi connectivity index (χ0n) is 7.23. The van der Waals surface area contributed by atoms with Crippen LogP contribution in [0.25, 0.3) is 0 Å². The summed E-state index contributed by atoms with van der Waals surface area (Å²) < 4.78 is 37.5. The van der Waals surface area contributed by atoms with Gasteiger partial charge in [0.25, 0.3) is 0 Å². The van der Waals surface area contributed by atoms with Gasteiger partial charge in [-0.3, -0.25) is 4.90 Å². The van der Waals surface area contributed by atoms with Crippen molar-refractivity contribution >= 4 is 10.3 Å². The van der Waals surface area contributed by atoms with Crippen LogP contribution in [0.15, 0.2) is 0 Å². The molecule has 0 atom stereocenters. The van der Waals surface area contributed by atoms with Crippen molar-refractivity contribution in [1.82, 2.24) is 9.62 Å². The molecule has 1 heterocycles. The molecule has 0 amide bonds. The van der Waals surface area contributed by atoms with Gasteiger partial charge in [-0.25, -0.2) is 13.1 Å². The average molecular weight is 209 g/mol. The van der Waals surface area contributed by atoms with Gasteiger partial charge < -0.3 is 9.29 Å². The Morgan fingerprint density at radius 1 is 1.38 bits per heavy atom. The van der Waals surface area contributed by atoms with Gasteiger partial charge >= 0.3 is 0 Å². The Morgan fingerprint density at radius 3 is 2.54 bits per heavy atom. The quantitative estimate of drug-likeness (QED) is 0.562. The van der Waals surface area contributed by atoms with Crippen LogP contribution in [0, 0.1) is 0 Å². The fraction of sp³-hybridized carbons (Fsp3) is 1.00. The number of morpholine rings is 1. The summed E-state index contributed by atoms with van der Waals surface area (Å²) in [5, 5.41) is 0. The number of nitrogens with zero attached hydrogens (tertiary/aromatic N) is 1. The SMILES string of the molecule is O=S(=O)([O-])NCCN1CCOCC1. The fourth-order valence-electron chi connectivity index (χ4n) is 1.15. The van der Waals surface area contributed by atoms with E-state index in [1.54, 1.807) is 0 Å². The predicted molar refractivity (Wildman–Crippen MR) is 45.0 cm³/mol. The minimum atomic E-state index is -4.28. The first-order valence-corrected chi connectivity index (χ1v) is 5.49. The van der Waals surface area contributed by atoms with E-state index >= 15 is 0 Å². The Labute approximate surface area is 77.7 Å². The molecule has 0 aromatic rings. The highest BCUT2D eigenvalue weighted by atomic mass is 32.2. The molecule has 1 aliphatic rings. The first-order valence-electron chi connectivity index (χ1n) is 4.08. The van der Waals surface area contributed by atoms with E-state index in [1.165, 1.54) is 0 Å². The standard InChI is InChI=1S/C6H14N2O4S/c9-13(10,11)7-1-2-8-3-5-12-6-4-8/h7H,1-6H2,(H,9,10,11)/p-1. The molecule has 78 valence electrons. The summed E-state index contributed by atoms with van der Waals surface area (Å²) in [6.45, 7) is 3.66. The van der Waals surface area contributed by atoms with Gasteiger partial charge in [0, 0.05) is 26.2 Å². The topological polar surface area (TPSA) is 81.7 Å². The first kappa shape index (κ1) is 10.9. The van der Waals surface area contributed by atoms with Crippen LogP contribution in [0.1, 0.15) is 0 Å². The van der Waals surface area contributed by atoms with Crippen LogP contribution in [0.3, 0.4) is 0 Å². The highest BCUT2D eigenvalue weighted by molar-refractivity contribution is 7.83. The summed E-state index contributed by atoms with van der Waals surface area (Å²) in [5.41, 5.74) is 0. The van der Waals surface area contributed by atoms with Crippen molar-refractivity contribution in [2.24, 2.45) is 0 Å². The number of nitrogens with one attached hydrogen (secondary N) is 1.